The van der Waals surface area contributed by atoms with Crippen LogP contribution >= 0.6 is 11.6 Å². The van der Waals surface area contributed by atoms with Crippen molar-refractivity contribution in [2.75, 3.05) is 7.11 Å². The van der Waals surface area contributed by atoms with Crippen LogP contribution in [0, 0.1) is 0 Å². The van der Waals surface area contributed by atoms with E-state index in [1.807, 2.05) is 6.20 Å². The molecule has 6 heteroatoms. The summed E-state index contributed by atoms with van der Waals surface area (Å²) in [4.78, 5) is 16.7. The summed E-state index contributed by atoms with van der Waals surface area (Å²) in [5, 5.41) is 3.56. The quantitative estimate of drug-likeness (QED) is 0.946. The Balaban J connectivity index is 1.74. The van der Waals surface area contributed by atoms with Crippen LogP contribution in [-0.2, 0) is 13.0 Å². The lowest BCUT2D eigenvalue weighted by atomic mass is 10.1. The van der Waals surface area contributed by atoms with E-state index in [1.165, 1.54) is 0 Å². The molecule has 3 rings (SSSR count). The van der Waals surface area contributed by atoms with Crippen molar-refractivity contribution < 1.29 is 9.53 Å². The predicted octanol–water partition coefficient (Wildman–Crippen LogP) is 2.29. The molecule has 1 aromatic carbocycles. The normalized spacial score (nSPS) is 17.1. The van der Waals surface area contributed by atoms with Crippen LogP contribution in [0.3, 0.4) is 0 Å². The molecule has 1 aliphatic heterocycles. The number of aromatic nitrogens is 2. The van der Waals surface area contributed by atoms with Gasteiger partial charge in [0.15, 0.2) is 0 Å². The molecular weight excluding hydrogens is 290 g/mol. The standard InChI is InChI=1S/C15H16ClN3O2/c1-21-13-4-2-10(16)8-12(13)15(20)18-11-3-5-14-17-6-7-19(14)9-11/h2,4,6-8,11H,3,5,9H2,1H3,(H,18,20)/t11-/m0/s1. The number of aryl methyl sites for hydroxylation is 1. The second-order valence-corrected chi connectivity index (χ2v) is 5.49. The molecule has 5 nitrogen and oxygen atoms in total. The highest BCUT2D eigenvalue weighted by Gasteiger charge is 2.22. The summed E-state index contributed by atoms with van der Waals surface area (Å²) in [7, 11) is 1.54. The molecule has 1 aromatic heterocycles. The molecule has 0 aliphatic carbocycles. The molecule has 1 amide bonds. The highest BCUT2D eigenvalue weighted by atomic mass is 35.5. The van der Waals surface area contributed by atoms with E-state index in [2.05, 4.69) is 14.9 Å². The number of carbonyl (C=O) groups is 1. The zero-order valence-corrected chi connectivity index (χ0v) is 12.4. The highest BCUT2D eigenvalue weighted by Crippen LogP contribution is 2.23. The predicted molar refractivity (Wildman–Crippen MR) is 79.8 cm³/mol. The molecule has 0 saturated heterocycles. The van der Waals surface area contributed by atoms with Crippen LogP contribution in [-0.4, -0.2) is 28.6 Å². The number of carbonyl (C=O) groups excluding carboxylic acids is 1. The van der Waals surface area contributed by atoms with Gasteiger partial charge in [-0.2, -0.15) is 0 Å². The van der Waals surface area contributed by atoms with Gasteiger partial charge in [0.2, 0.25) is 0 Å². The van der Waals surface area contributed by atoms with Crippen molar-refractivity contribution in [3.8, 4) is 5.75 Å². The van der Waals surface area contributed by atoms with E-state index < -0.39 is 0 Å². The molecule has 1 atom stereocenters. The first-order chi connectivity index (χ1) is 10.2. The van der Waals surface area contributed by atoms with Crippen molar-refractivity contribution in [3.63, 3.8) is 0 Å². The lowest BCUT2D eigenvalue weighted by Crippen LogP contribution is -2.41. The molecule has 0 saturated carbocycles. The maximum Gasteiger partial charge on any atom is 0.255 e. The number of fused-ring (bicyclic) bond motifs is 1. The van der Waals surface area contributed by atoms with Crippen molar-refractivity contribution in [1.82, 2.24) is 14.9 Å². The minimum absolute atomic E-state index is 0.0860. The number of nitrogens with one attached hydrogen (secondary N) is 1. The lowest BCUT2D eigenvalue weighted by Gasteiger charge is -2.25. The number of imidazole rings is 1. The van der Waals surface area contributed by atoms with Gasteiger partial charge in [0.05, 0.1) is 12.7 Å². The molecule has 21 heavy (non-hydrogen) atoms. The zero-order chi connectivity index (χ0) is 14.8. The Bertz CT molecular complexity index is 669. The fraction of sp³-hybridized carbons (Fsp3) is 0.333. The van der Waals surface area contributed by atoms with Gasteiger partial charge in [-0.1, -0.05) is 11.6 Å². The summed E-state index contributed by atoms with van der Waals surface area (Å²) in [6.45, 7) is 0.740. The monoisotopic (exact) mass is 305 g/mol. The van der Waals surface area contributed by atoms with Crippen LogP contribution in [0.2, 0.25) is 5.02 Å². The van der Waals surface area contributed by atoms with Gasteiger partial charge < -0.3 is 14.6 Å². The SMILES string of the molecule is COc1ccc(Cl)cc1C(=O)N[C@H]1CCc2nccn2C1. The number of hydrogen-bond acceptors (Lipinski definition) is 3. The van der Waals surface area contributed by atoms with Gasteiger partial charge in [-0.15, -0.1) is 0 Å². The lowest BCUT2D eigenvalue weighted by molar-refractivity contribution is 0.0924. The molecule has 2 aromatic rings. The second-order valence-electron chi connectivity index (χ2n) is 5.05. The van der Waals surface area contributed by atoms with Crippen molar-refractivity contribution in [3.05, 3.63) is 47.0 Å². The number of methoxy groups -OCH3 is 1. The first-order valence-corrected chi connectivity index (χ1v) is 7.19. The van der Waals surface area contributed by atoms with E-state index in [4.69, 9.17) is 16.3 Å². The average Bonchev–Trinajstić information content (AvgIpc) is 2.94. The van der Waals surface area contributed by atoms with Gasteiger partial charge in [-0.05, 0) is 24.6 Å². The molecule has 0 bridgehead atoms. The van der Waals surface area contributed by atoms with Crippen molar-refractivity contribution in [2.24, 2.45) is 0 Å². The Kier molecular flexibility index (Phi) is 3.84. The number of halogens is 1. The number of benzene rings is 1. The number of nitrogens with zero attached hydrogens (tertiary/aromatic N) is 2. The molecule has 0 unspecified atom stereocenters. The molecule has 2 heterocycles. The smallest absolute Gasteiger partial charge is 0.255 e. The Morgan fingerprint density at radius 2 is 2.38 bits per heavy atom. The van der Waals surface area contributed by atoms with Crippen LogP contribution in [0.5, 0.6) is 5.75 Å². The van der Waals surface area contributed by atoms with Crippen LogP contribution in [0.25, 0.3) is 0 Å². The number of amides is 1. The first kappa shape index (κ1) is 13.9. The van der Waals surface area contributed by atoms with Gasteiger partial charge in [0, 0.05) is 36.4 Å². The third kappa shape index (κ3) is 2.88. The maximum atomic E-state index is 12.4. The third-order valence-corrected chi connectivity index (χ3v) is 3.91. The van der Waals surface area contributed by atoms with Crippen molar-refractivity contribution in [1.29, 1.82) is 0 Å². The third-order valence-electron chi connectivity index (χ3n) is 3.68. The van der Waals surface area contributed by atoms with Crippen LogP contribution in [0.15, 0.2) is 30.6 Å². The maximum absolute atomic E-state index is 12.4. The summed E-state index contributed by atoms with van der Waals surface area (Å²) in [5.41, 5.74) is 0.460. The minimum atomic E-state index is -0.164. The number of rotatable bonds is 3. The number of hydrogen-bond donors (Lipinski definition) is 1. The van der Waals surface area contributed by atoms with Gasteiger partial charge >= 0.3 is 0 Å². The molecule has 0 fully saturated rings. The minimum Gasteiger partial charge on any atom is -0.496 e. The molecule has 110 valence electrons. The Morgan fingerprint density at radius 1 is 1.52 bits per heavy atom. The van der Waals surface area contributed by atoms with Gasteiger partial charge in [-0.3, -0.25) is 4.79 Å². The molecule has 1 aliphatic rings. The van der Waals surface area contributed by atoms with E-state index in [0.717, 1.165) is 25.2 Å². The Hall–Kier alpha value is -2.01. The summed E-state index contributed by atoms with van der Waals surface area (Å²) >= 11 is 5.96. The number of ether oxygens (including phenoxy) is 1. The van der Waals surface area contributed by atoms with Crippen molar-refractivity contribution in [2.45, 2.75) is 25.4 Å². The summed E-state index contributed by atoms with van der Waals surface area (Å²) in [6.07, 6.45) is 5.48. The average molecular weight is 306 g/mol. The highest BCUT2D eigenvalue weighted by molar-refractivity contribution is 6.31. The summed E-state index contributed by atoms with van der Waals surface area (Å²) in [5.74, 6) is 1.43. The van der Waals surface area contributed by atoms with Crippen LogP contribution < -0.4 is 10.1 Å². The van der Waals surface area contributed by atoms with E-state index in [1.54, 1.807) is 31.5 Å². The summed E-state index contributed by atoms with van der Waals surface area (Å²) in [6, 6.07) is 5.12. The molecular formula is C15H16ClN3O2. The van der Waals surface area contributed by atoms with E-state index in [-0.39, 0.29) is 11.9 Å². The van der Waals surface area contributed by atoms with Crippen LogP contribution in [0.1, 0.15) is 22.6 Å². The Morgan fingerprint density at radius 3 is 3.19 bits per heavy atom. The largest absolute Gasteiger partial charge is 0.496 e. The summed E-state index contributed by atoms with van der Waals surface area (Å²) < 4.78 is 7.29. The molecule has 1 N–H and O–H groups in total. The topological polar surface area (TPSA) is 56.1 Å². The van der Waals surface area contributed by atoms with Crippen molar-refractivity contribution >= 4 is 17.5 Å². The second kappa shape index (κ2) is 5.77. The molecule has 0 radical (unpaired) electrons. The van der Waals surface area contributed by atoms with Crippen LogP contribution in [0.4, 0.5) is 0 Å². The van der Waals surface area contributed by atoms with E-state index in [0.29, 0.717) is 16.3 Å². The van der Waals surface area contributed by atoms with E-state index in [9.17, 15) is 4.79 Å². The fourth-order valence-corrected chi connectivity index (χ4v) is 2.78. The Labute approximate surface area is 127 Å². The molecule has 0 spiro atoms. The fourth-order valence-electron chi connectivity index (χ4n) is 2.61. The van der Waals surface area contributed by atoms with E-state index >= 15 is 0 Å². The first-order valence-electron chi connectivity index (χ1n) is 6.82. The van der Waals surface area contributed by atoms with Gasteiger partial charge in [-0.25, -0.2) is 4.98 Å². The van der Waals surface area contributed by atoms with Gasteiger partial charge in [0.25, 0.3) is 5.91 Å². The zero-order valence-electron chi connectivity index (χ0n) is 11.7. The van der Waals surface area contributed by atoms with Gasteiger partial charge in [0.1, 0.15) is 11.6 Å².